The lowest BCUT2D eigenvalue weighted by Crippen LogP contribution is -2.33. The normalized spacial score (nSPS) is 30.6. The molecule has 1 aliphatic heterocycles. The molecule has 0 radical (unpaired) electrons. The van der Waals surface area contributed by atoms with Crippen LogP contribution in [0, 0.1) is 11.8 Å². The minimum atomic E-state index is 0.195. The van der Waals surface area contributed by atoms with Crippen molar-refractivity contribution in [3.63, 3.8) is 0 Å². The summed E-state index contributed by atoms with van der Waals surface area (Å²) in [6.45, 7) is 10.8. The minimum Gasteiger partial charge on any atom is -0.491 e. The van der Waals surface area contributed by atoms with E-state index >= 15 is 0 Å². The molecule has 5 unspecified atom stereocenters. The molecule has 0 spiro atoms. The zero-order valence-corrected chi connectivity index (χ0v) is 14.1. The molecule has 2 rings (SSSR count). The summed E-state index contributed by atoms with van der Waals surface area (Å²) >= 11 is 0. The Morgan fingerprint density at radius 2 is 1.86 bits per heavy atom. The van der Waals surface area contributed by atoms with Gasteiger partial charge in [0.25, 0.3) is 0 Å². The van der Waals surface area contributed by atoms with Gasteiger partial charge in [0.1, 0.15) is 5.75 Å². The van der Waals surface area contributed by atoms with E-state index in [2.05, 4.69) is 58.1 Å². The number of hydrogen-bond acceptors (Lipinski definition) is 3. The van der Waals surface area contributed by atoms with Crippen LogP contribution < -0.4 is 10.1 Å². The van der Waals surface area contributed by atoms with Crippen molar-refractivity contribution in [1.29, 1.82) is 0 Å². The van der Waals surface area contributed by atoms with Crippen molar-refractivity contribution in [2.45, 2.75) is 59.0 Å². The highest BCUT2D eigenvalue weighted by Crippen LogP contribution is 2.40. The van der Waals surface area contributed by atoms with Crippen molar-refractivity contribution in [3.8, 4) is 5.75 Å². The summed E-state index contributed by atoms with van der Waals surface area (Å²) in [4.78, 5) is 0. The van der Waals surface area contributed by atoms with Gasteiger partial charge in [-0.3, -0.25) is 0 Å². The highest BCUT2D eigenvalue weighted by atomic mass is 16.5. The van der Waals surface area contributed by atoms with Crippen molar-refractivity contribution in [2.75, 3.05) is 7.05 Å². The van der Waals surface area contributed by atoms with Crippen molar-refractivity contribution < 1.29 is 9.47 Å². The third kappa shape index (κ3) is 3.58. The second-order valence-corrected chi connectivity index (χ2v) is 6.49. The molecule has 1 aromatic carbocycles. The standard InChI is InChI=1S/C18H29NO2/c1-11(2)20-16-9-7-8-15(10-16)18(19-6)17-12(3)13(4)21-14(17)5/h7-14,17-19H,1-6H3. The highest BCUT2D eigenvalue weighted by Gasteiger charge is 2.41. The first kappa shape index (κ1) is 16.3. The molecule has 1 heterocycles. The number of hydrogen-bond donors (Lipinski definition) is 1. The van der Waals surface area contributed by atoms with E-state index in [1.165, 1.54) is 5.56 Å². The maximum atomic E-state index is 6.01. The summed E-state index contributed by atoms with van der Waals surface area (Å²) in [5.41, 5.74) is 1.28. The largest absolute Gasteiger partial charge is 0.491 e. The Balaban J connectivity index is 2.25. The van der Waals surface area contributed by atoms with Gasteiger partial charge < -0.3 is 14.8 Å². The Kier molecular flexibility index (Phi) is 5.28. The Labute approximate surface area is 129 Å². The van der Waals surface area contributed by atoms with E-state index in [0.717, 1.165) is 5.75 Å². The summed E-state index contributed by atoms with van der Waals surface area (Å²) in [5.74, 6) is 1.95. The Hall–Kier alpha value is -1.06. The number of nitrogens with one attached hydrogen (secondary N) is 1. The van der Waals surface area contributed by atoms with Gasteiger partial charge in [-0.15, -0.1) is 0 Å². The number of benzene rings is 1. The molecule has 1 N–H and O–H groups in total. The second-order valence-electron chi connectivity index (χ2n) is 6.49. The number of rotatable bonds is 5. The van der Waals surface area contributed by atoms with Gasteiger partial charge in [0.2, 0.25) is 0 Å². The molecular formula is C18H29NO2. The third-order valence-electron chi connectivity index (χ3n) is 4.60. The minimum absolute atomic E-state index is 0.195. The van der Waals surface area contributed by atoms with Crippen LogP contribution in [0.25, 0.3) is 0 Å². The lowest BCUT2D eigenvalue weighted by atomic mass is 9.80. The summed E-state index contributed by atoms with van der Waals surface area (Å²) in [6, 6.07) is 8.72. The maximum absolute atomic E-state index is 6.01. The highest BCUT2D eigenvalue weighted by molar-refractivity contribution is 5.31. The average Bonchev–Trinajstić information content (AvgIpc) is 2.66. The van der Waals surface area contributed by atoms with Crippen LogP contribution in [0.5, 0.6) is 5.75 Å². The maximum Gasteiger partial charge on any atom is 0.120 e. The molecule has 1 aliphatic rings. The molecule has 1 fully saturated rings. The first-order valence-electron chi connectivity index (χ1n) is 8.03. The summed E-state index contributed by atoms with van der Waals surface area (Å²) in [7, 11) is 2.03. The van der Waals surface area contributed by atoms with Crippen LogP contribution in [-0.2, 0) is 4.74 Å². The van der Waals surface area contributed by atoms with Crippen LogP contribution in [0.3, 0.4) is 0 Å². The van der Waals surface area contributed by atoms with Gasteiger partial charge in [-0.2, -0.15) is 0 Å². The first-order valence-corrected chi connectivity index (χ1v) is 8.03. The Morgan fingerprint density at radius 1 is 1.14 bits per heavy atom. The molecule has 3 heteroatoms. The van der Waals surface area contributed by atoms with E-state index in [1.54, 1.807) is 0 Å². The molecule has 3 nitrogen and oxygen atoms in total. The van der Waals surface area contributed by atoms with E-state index in [1.807, 2.05) is 13.1 Å². The summed E-state index contributed by atoms with van der Waals surface area (Å²) < 4.78 is 11.8. The van der Waals surface area contributed by atoms with Crippen molar-refractivity contribution in [3.05, 3.63) is 29.8 Å². The zero-order chi connectivity index (χ0) is 15.6. The predicted octanol–water partition coefficient (Wildman–Crippen LogP) is 3.79. The molecule has 1 aromatic rings. The quantitative estimate of drug-likeness (QED) is 0.895. The lowest BCUT2D eigenvalue weighted by Gasteiger charge is -2.29. The molecule has 0 amide bonds. The predicted molar refractivity (Wildman–Crippen MR) is 86.7 cm³/mol. The summed E-state index contributed by atoms with van der Waals surface area (Å²) in [6.07, 6.45) is 0.777. The van der Waals surface area contributed by atoms with Gasteiger partial charge in [-0.25, -0.2) is 0 Å². The van der Waals surface area contributed by atoms with Gasteiger partial charge in [-0.05, 0) is 58.4 Å². The monoisotopic (exact) mass is 291 g/mol. The third-order valence-corrected chi connectivity index (χ3v) is 4.60. The Bertz CT molecular complexity index is 460. The molecule has 118 valence electrons. The van der Waals surface area contributed by atoms with Gasteiger partial charge >= 0.3 is 0 Å². The fraction of sp³-hybridized carbons (Fsp3) is 0.667. The first-order chi connectivity index (χ1) is 9.93. The van der Waals surface area contributed by atoms with Gasteiger partial charge in [-0.1, -0.05) is 19.1 Å². The van der Waals surface area contributed by atoms with Crippen LogP contribution in [0.1, 0.15) is 46.2 Å². The molecular weight excluding hydrogens is 262 g/mol. The van der Waals surface area contributed by atoms with Gasteiger partial charge in [0.05, 0.1) is 18.3 Å². The smallest absolute Gasteiger partial charge is 0.120 e. The summed E-state index contributed by atoms with van der Waals surface area (Å²) in [5, 5.41) is 3.49. The van der Waals surface area contributed by atoms with E-state index in [0.29, 0.717) is 17.9 Å². The van der Waals surface area contributed by atoms with Crippen LogP contribution in [0.4, 0.5) is 0 Å². The molecule has 0 saturated carbocycles. The lowest BCUT2D eigenvalue weighted by molar-refractivity contribution is 0.0478. The fourth-order valence-electron chi connectivity index (χ4n) is 3.50. The second kappa shape index (κ2) is 6.80. The van der Waals surface area contributed by atoms with Crippen molar-refractivity contribution in [1.82, 2.24) is 5.32 Å². The van der Waals surface area contributed by atoms with Crippen LogP contribution in [-0.4, -0.2) is 25.4 Å². The van der Waals surface area contributed by atoms with E-state index in [9.17, 15) is 0 Å². The average molecular weight is 291 g/mol. The van der Waals surface area contributed by atoms with Crippen LogP contribution >= 0.6 is 0 Å². The van der Waals surface area contributed by atoms with Crippen LogP contribution in [0.2, 0.25) is 0 Å². The molecule has 0 aromatic heterocycles. The fourth-order valence-corrected chi connectivity index (χ4v) is 3.50. The van der Waals surface area contributed by atoms with E-state index < -0.39 is 0 Å². The molecule has 0 bridgehead atoms. The molecule has 1 saturated heterocycles. The molecule has 5 atom stereocenters. The zero-order valence-electron chi connectivity index (χ0n) is 14.1. The number of ether oxygens (including phenoxy) is 2. The SMILES string of the molecule is CNC(c1cccc(OC(C)C)c1)C1C(C)OC(C)C1C. The molecule has 0 aliphatic carbocycles. The Morgan fingerprint density at radius 3 is 2.38 bits per heavy atom. The molecule has 21 heavy (non-hydrogen) atoms. The van der Waals surface area contributed by atoms with E-state index in [-0.39, 0.29) is 18.2 Å². The topological polar surface area (TPSA) is 30.5 Å². The van der Waals surface area contributed by atoms with E-state index in [4.69, 9.17) is 9.47 Å². The van der Waals surface area contributed by atoms with Crippen molar-refractivity contribution in [2.24, 2.45) is 11.8 Å². The van der Waals surface area contributed by atoms with Crippen LogP contribution in [0.15, 0.2) is 24.3 Å². The van der Waals surface area contributed by atoms with Gasteiger partial charge in [0.15, 0.2) is 0 Å². The van der Waals surface area contributed by atoms with Crippen molar-refractivity contribution >= 4 is 0 Å². The van der Waals surface area contributed by atoms with Gasteiger partial charge in [0, 0.05) is 12.0 Å².